The van der Waals surface area contributed by atoms with E-state index in [0.717, 1.165) is 57.2 Å². The molecule has 0 saturated carbocycles. The van der Waals surface area contributed by atoms with E-state index in [4.69, 9.17) is 26.1 Å². The number of fused-ring (bicyclic) bond motifs is 5. The van der Waals surface area contributed by atoms with Crippen molar-refractivity contribution in [2.75, 3.05) is 37.7 Å². The number of hydrogen-bond acceptors (Lipinski definition) is 8. The second kappa shape index (κ2) is 9.86. The Balaban J connectivity index is 1.28. The lowest BCUT2D eigenvalue weighted by atomic mass is 9.95. The number of H-pyrrole nitrogens is 1. The number of nitrogens with zero attached hydrogens (tertiary/aromatic N) is 5. The zero-order valence-corrected chi connectivity index (χ0v) is 24.2. The Bertz CT molecular complexity index is 1770. The monoisotopic (exact) mass is 590 g/mol. The van der Waals surface area contributed by atoms with Crippen LogP contribution in [0.15, 0.2) is 29.2 Å². The van der Waals surface area contributed by atoms with Crippen molar-refractivity contribution >= 4 is 39.2 Å². The highest BCUT2D eigenvalue weighted by molar-refractivity contribution is 6.37. The van der Waals surface area contributed by atoms with Crippen molar-refractivity contribution < 1.29 is 13.9 Å². The Hall–Kier alpha value is -3.34. The molecule has 1 N–H and O–H groups in total. The summed E-state index contributed by atoms with van der Waals surface area (Å²) in [6.45, 7) is 5.83. The quantitative estimate of drug-likeness (QED) is 0.347. The fourth-order valence-electron chi connectivity index (χ4n) is 7.57. The number of aryl methyl sites for hydroxylation is 1. The van der Waals surface area contributed by atoms with E-state index in [2.05, 4.69) is 24.8 Å². The highest BCUT2D eigenvalue weighted by Crippen LogP contribution is 2.41. The molecule has 11 heteroatoms. The third-order valence-electron chi connectivity index (χ3n) is 9.66. The third kappa shape index (κ3) is 4.18. The largest absolute Gasteiger partial charge is 0.461 e. The van der Waals surface area contributed by atoms with Crippen LogP contribution < -0.4 is 15.2 Å². The van der Waals surface area contributed by atoms with E-state index in [1.54, 1.807) is 12.3 Å². The van der Waals surface area contributed by atoms with Gasteiger partial charge >= 0.3 is 6.01 Å². The lowest BCUT2D eigenvalue weighted by Gasteiger charge is -2.34. The summed E-state index contributed by atoms with van der Waals surface area (Å²) in [5, 5.41) is 1.48. The van der Waals surface area contributed by atoms with E-state index in [1.165, 1.54) is 6.07 Å². The minimum absolute atomic E-state index is 0.00289. The number of nitrogens with one attached hydrogen (secondary N) is 1. The van der Waals surface area contributed by atoms with Crippen molar-refractivity contribution in [1.82, 2.24) is 24.8 Å². The minimum Gasteiger partial charge on any atom is -0.461 e. The van der Waals surface area contributed by atoms with Crippen LogP contribution in [0.3, 0.4) is 0 Å². The van der Waals surface area contributed by atoms with Gasteiger partial charge in [-0.05, 0) is 70.2 Å². The summed E-state index contributed by atoms with van der Waals surface area (Å²) in [4.78, 5) is 34.1. The number of ether oxygens (including phenoxy) is 2. The maximum Gasteiger partial charge on any atom is 0.319 e. The van der Waals surface area contributed by atoms with E-state index in [1.807, 2.05) is 13.0 Å². The average molecular weight is 591 g/mol. The summed E-state index contributed by atoms with van der Waals surface area (Å²) in [5.74, 6) is -0.0341. The van der Waals surface area contributed by atoms with Crippen LogP contribution in [0.25, 0.3) is 33.1 Å². The molecule has 4 aliphatic rings. The Labute approximate surface area is 247 Å². The number of aromatic amines is 1. The molecule has 2 bridgehead atoms. The molecule has 8 rings (SSSR count). The summed E-state index contributed by atoms with van der Waals surface area (Å²) in [6, 6.07) is 5.10. The first kappa shape index (κ1) is 26.3. The Morgan fingerprint density at radius 3 is 2.69 bits per heavy atom. The van der Waals surface area contributed by atoms with Gasteiger partial charge in [0.2, 0.25) is 5.56 Å². The van der Waals surface area contributed by atoms with Crippen LogP contribution in [0.4, 0.5) is 10.2 Å². The SMILES string of the molecule is Cc1ccc2[nH]c(=O)cc(-c3ncc4c(N5CC6CCC(C5)O6)nc(OCC56CCCN5CCC6)nc4c3F)c2c1Cl. The van der Waals surface area contributed by atoms with Gasteiger partial charge in [0.25, 0.3) is 0 Å². The van der Waals surface area contributed by atoms with Crippen LogP contribution >= 0.6 is 11.6 Å². The number of aromatic nitrogens is 4. The van der Waals surface area contributed by atoms with E-state index in [9.17, 15) is 4.79 Å². The molecule has 4 aromatic rings. The fourth-order valence-corrected chi connectivity index (χ4v) is 7.84. The van der Waals surface area contributed by atoms with Gasteiger partial charge in [-0.25, -0.2) is 4.39 Å². The first-order valence-corrected chi connectivity index (χ1v) is 15.2. The van der Waals surface area contributed by atoms with Gasteiger partial charge in [0.15, 0.2) is 5.82 Å². The van der Waals surface area contributed by atoms with Gasteiger partial charge in [0, 0.05) is 36.3 Å². The number of anilines is 1. The molecular weight excluding hydrogens is 559 g/mol. The number of halogens is 2. The maximum absolute atomic E-state index is 16.7. The summed E-state index contributed by atoms with van der Waals surface area (Å²) < 4.78 is 29.1. The topological polar surface area (TPSA) is 96.5 Å². The number of pyridine rings is 2. The molecule has 42 heavy (non-hydrogen) atoms. The zero-order valence-electron chi connectivity index (χ0n) is 23.5. The predicted molar refractivity (Wildman–Crippen MR) is 159 cm³/mol. The molecule has 0 aliphatic carbocycles. The molecule has 7 heterocycles. The molecular formula is C31H32ClFN6O3. The van der Waals surface area contributed by atoms with Gasteiger partial charge in [-0.15, -0.1) is 0 Å². The smallest absolute Gasteiger partial charge is 0.319 e. The van der Waals surface area contributed by atoms with E-state index >= 15 is 4.39 Å². The third-order valence-corrected chi connectivity index (χ3v) is 10.1. The van der Waals surface area contributed by atoms with Crippen molar-refractivity contribution in [2.24, 2.45) is 0 Å². The number of hydrogen-bond donors (Lipinski definition) is 1. The van der Waals surface area contributed by atoms with Gasteiger partial charge in [0.1, 0.15) is 23.6 Å². The lowest BCUT2D eigenvalue weighted by molar-refractivity contribution is 0.0302. The van der Waals surface area contributed by atoms with Gasteiger partial charge in [-0.3, -0.25) is 14.7 Å². The number of rotatable bonds is 5. The molecule has 9 nitrogen and oxygen atoms in total. The van der Waals surface area contributed by atoms with Crippen LogP contribution in [0.1, 0.15) is 44.1 Å². The Morgan fingerprint density at radius 1 is 1.17 bits per heavy atom. The highest BCUT2D eigenvalue weighted by atomic mass is 35.5. The summed E-state index contributed by atoms with van der Waals surface area (Å²) in [7, 11) is 0. The van der Waals surface area contributed by atoms with Crippen molar-refractivity contribution in [1.29, 1.82) is 0 Å². The van der Waals surface area contributed by atoms with Crippen LogP contribution in [0.5, 0.6) is 6.01 Å². The summed E-state index contributed by atoms with van der Waals surface area (Å²) >= 11 is 6.70. The summed E-state index contributed by atoms with van der Waals surface area (Å²) in [6.07, 6.45) is 8.31. The number of morpholine rings is 1. The molecule has 4 aliphatic heterocycles. The molecule has 0 radical (unpaired) electrons. The molecule has 0 spiro atoms. The molecule has 2 unspecified atom stereocenters. The van der Waals surface area contributed by atoms with Gasteiger partial charge < -0.3 is 19.4 Å². The molecule has 0 amide bonds. The van der Waals surface area contributed by atoms with E-state index in [0.29, 0.717) is 52.4 Å². The van der Waals surface area contributed by atoms with Crippen LogP contribution in [0, 0.1) is 12.7 Å². The van der Waals surface area contributed by atoms with Gasteiger partial charge in [-0.2, -0.15) is 9.97 Å². The number of benzene rings is 1. The zero-order chi connectivity index (χ0) is 28.6. The second-order valence-corrected chi connectivity index (χ2v) is 12.6. The second-order valence-electron chi connectivity index (χ2n) is 12.2. The van der Waals surface area contributed by atoms with E-state index in [-0.39, 0.29) is 40.5 Å². The van der Waals surface area contributed by atoms with Crippen LogP contribution in [-0.4, -0.2) is 75.4 Å². The summed E-state index contributed by atoms with van der Waals surface area (Å²) in [5.41, 5.74) is 1.41. The standard InChI is InChI=1S/C31H32ClFN6O3/c1-17-4-7-22-24(25(17)32)20(12-23(40)35-22)27-26(33)28-21(13-34-27)29(38-14-18-5-6-19(15-38)42-18)37-30(36-28)41-16-31-8-2-10-39(31)11-3-9-31/h4,7,12-13,18-19H,2-3,5-6,8-11,14-16H2,1H3,(H,35,40). The Morgan fingerprint density at radius 2 is 1.93 bits per heavy atom. The fraction of sp³-hybridized carbons (Fsp3) is 0.484. The van der Waals surface area contributed by atoms with Crippen molar-refractivity contribution in [3.63, 3.8) is 0 Å². The maximum atomic E-state index is 16.7. The first-order valence-electron chi connectivity index (χ1n) is 14.9. The lowest BCUT2D eigenvalue weighted by Crippen LogP contribution is -2.44. The first-order chi connectivity index (χ1) is 20.4. The molecule has 1 aromatic carbocycles. The van der Waals surface area contributed by atoms with E-state index < -0.39 is 5.82 Å². The molecule has 2 atom stereocenters. The van der Waals surface area contributed by atoms with Gasteiger partial charge in [-0.1, -0.05) is 17.7 Å². The van der Waals surface area contributed by atoms with Gasteiger partial charge in [0.05, 0.1) is 33.7 Å². The Kier molecular flexibility index (Phi) is 6.17. The molecule has 4 saturated heterocycles. The van der Waals surface area contributed by atoms with Crippen LogP contribution in [0.2, 0.25) is 5.02 Å². The van der Waals surface area contributed by atoms with Crippen LogP contribution in [-0.2, 0) is 4.74 Å². The highest BCUT2D eigenvalue weighted by Gasteiger charge is 2.45. The minimum atomic E-state index is -0.636. The normalized spacial score (nSPS) is 23.3. The molecule has 3 aromatic heterocycles. The molecule has 218 valence electrons. The van der Waals surface area contributed by atoms with Crippen molar-refractivity contribution in [2.45, 2.75) is 63.2 Å². The van der Waals surface area contributed by atoms with Crippen molar-refractivity contribution in [3.8, 4) is 17.3 Å². The van der Waals surface area contributed by atoms with Crippen molar-refractivity contribution in [3.05, 3.63) is 51.2 Å². The predicted octanol–water partition coefficient (Wildman–Crippen LogP) is 5.01. The average Bonchev–Trinajstić information content (AvgIpc) is 3.67. The molecule has 4 fully saturated rings.